The fraction of sp³-hybridized carbons (Fsp3) is 0.812. The van der Waals surface area contributed by atoms with E-state index in [9.17, 15) is 14.8 Å². The summed E-state index contributed by atoms with van der Waals surface area (Å²) in [4.78, 5) is 30.5. The lowest BCUT2D eigenvalue weighted by molar-refractivity contribution is -0.207. The third kappa shape index (κ3) is 3.20. The number of Topliss-reactive ketones (excluding diaryl/α,β-unsaturated/α-hetero) is 1. The highest BCUT2D eigenvalue weighted by Crippen LogP contribution is 2.76. The topological polar surface area (TPSA) is 80.3 Å². The van der Waals surface area contributed by atoms with Gasteiger partial charge >= 0.3 is 5.97 Å². The second kappa shape index (κ2) is 8.18. The molecule has 0 amide bonds. The van der Waals surface area contributed by atoms with Gasteiger partial charge in [-0.15, -0.1) is 0 Å². The van der Waals surface area contributed by atoms with E-state index in [2.05, 4.69) is 44.6 Å². The third-order valence-corrected chi connectivity index (χ3v) is 13.2. The summed E-state index contributed by atoms with van der Waals surface area (Å²) in [6, 6.07) is 0. The smallest absolute Gasteiger partial charge is 0.312 e. The Morgan fingerprint density at radius 1 is 1.03 bits per heavy atom. The summed E-state index contributed by atoms with van der Waals surface area (Å²) in [7, 11) is 1.51. The summed E-state index contributed by atoms with van der Waals surface area (Å²) in [5.41, 5.74) is -0.625. The van der Waals surface area contributed by atoms with Gasteiger partial charge in [-0.2, -0.15) is 0 Å². The van der Waals surface area contributed by atoms with Crippen LogP contribution in [0.25, 0.3) is 4.85 Å². The van der Waals surface area contributed by atoms with Crippen molar-refractivity contribution in [3.63, 3.8) is 0 Å². The number of fused-ring (bicyclic) bond motifs is 7. The van der Waals surface area contributed by atoms with Crippen LogP contribution in [0.2, 0.25) is 0 Å². The molecular formula is C32H46N2O4. The predicted octanol–water partition coefficient (Wildman–Crippen LogP) is 7.07. The maximum absolute atomic E-state index is 13.5. The summed E-state index contributed by atoms with van der Waals surface area (Å²) >= 11 is 0. The standard InChI is InChI=1S/C32H46N2O4/c1-27(2)12-14-32(26(36)38-9)15-13-31(7)24(19(32)17-27)20(34-37)16-23-29(5)18-21(33-8)25(35)28(3,4)22(29)10-11-30(23,31)6/h18-19,22-24,37H,10-17H2,1-7,9H3/t19?,22-,23+,24?,29-,30+,31+,32-/m0/s1. The predicted molar refractivity (Wildman–Crippen MR) is 146 cm³/mol. The van der Waals surface area contributed by atoms with Crippen molar-refractivity contribution in [1.29, 1.82) is 0 Å². The Hall–Kier alpha value is -2.16. The van der Waals surface area contributed by atoms with Crippen LogP contribution < -0.4 is 0 Å². The van der Waals surface area contributed by atoms with Crippen molar-refractivity contribution in [3.05, 3.63) is 23.2 Å². The van der Waals surface area contributed by atoms with Gasteiger partial charge < -0.3 is 14.7 Å². The average Bonchev–Trinajstić information content (AvgIpc) is 2.85. The van der Waals surface area contributed by atoms with Gasteiger partial charge in [0, 0.05) is 11.3 Å². The summed E-state index contributed by atoms with van der Waals surface area (Å²) in [5.74, 6) is 0.163. The van der Waals surface area contributed by atoms with Gasteiger partial charge in [0.1, 0.15) is 0 Å². The van der Waals surface area contributed by atoms with Crippen molar-refractivity contribution in [2.45, 2.75) is 99.8 Å². The minimum Gasteiger partial charge on any atom is -0.469 e. The number of esters is 1. The normalized spacial score (nSPS) is 47.9. The van der Waals surface area contributed by atoms with Crippen molar-refractivity contribution in [2.24, 2.45) is 61.3 Å². The lowest BCUT2D eigenvalue weighted by Gasteiger charge is -2.72. The van der Waals surface area contributed by atoms with Gasteiger partial charge in [0.2, 0.25) is 5.70 Å². The second-order valence-electron chi connectivity index (χ2n) is 15.4. The zero-order valence-corrected chi connectivity index (χ0v) is 24.6. The van der Waals surface area contributed by atoms with Crippen molar-refractivity contribution >= 4 is 17.5 Å². The minimum atomic E-state index is -0.612. The van der Waals surface area contributed by atoms with E-state index in [0.29, 0.717) is 6.42 Å². The first-order valence-corrected chi connectivity index (χ1v) is 14.5. The van der Waals surface area contributed by atoms with E-state index in [0.717, 1.165) is 50.7 Å². The van der Waals surface area contributed by atoms with Gasteiger partial charge in [-0.25, -0.2) is 4.85 Å². The molecule has 1 N–H and O–H groups in total. The van der Waals surface area contributed by atoms with Crippen LogP contribution in [0.4, 0.5) is 0 Å². The zero-order chi connectivity index (χ0) is 28.1. The molecule has 0 saturated heterocycles. The second-order valence-corrected chi connectivity index (χ2v) is 15.4. The Labute approximate surface area is 228 Å². The summed E-state index contributed by atoms with van der Waals surface area (Å²) in [6.45, 7) is 23.5. The van der Waals surface area contributed by atoms with E-state index >= 15 is 0 Å². The van der Waals surface area contributed by atoms with Crippen molar-refractivity contribution < 1.29 is 19.5 Å². The van der Waals surface area contributed by atoms with Gasteiger partial charge in [-0.05, 0) is 90.8 Å². The third-order valence-electron chi connectivity index (χ3n) is 13.2. The van der Waals surface area contributed by atoms with E-state index in [-0.39, 0.29) is 62.8 Å². The van der Waals surface area contributed by atoms with Crippen LogP contribution in [0, 0.1) is 62.7 Å². The Morgan fingerprint density at radius 2 is 1.68 bits per heavy atom. The number of hydrogen-bond donors (Lipinski definition) is 1. The first-order valence-electron chi connectivity index (χ1n) is 14.5. The molecule has 6 nitrogen and oxygen atoms in total. The molecule has 0 spiro atoms. The quantitative estimate of drug-likeness (QED) is 0.173. The van der Waals surface area contributed by atoms with Gasteiger partial charge in [-0.1, -0.05) is 59.7 Å². The highest BCUT2D eigenvalue weighted by atomic mass is 16.5. The number of nitrogens with zero attached hydrogens (tertiary/aromatic N) is 2. The van der Waals surface area contributed by atoms with Crippen LogP contribution >= 0.6 is 0 Å². The fourth-order valence-electron chi connectivity index (χ4n) is 11.0. The molecule has 0 radical (unpaired) electrons. The molecule has 5 rings (SSSR count). The van der Waals surface area contributed by atoms with E-state index in [4.69, 9.17) is 11.3 Å². The Balaban J connectivity index is 1.68. The maximum atomic E-state index is 13.5. The van der Waals surface area contributed by atoms with E-state index in [1.807, 2.05) is 19.9 Å². The van der Waals surface area contributed by atoms with Gasteiger partial charge in [0.05, 0.1) is 24.8 Å². The van der Waals surface area contributed by atoms with Crippen LogP contribution in [-0.2, 0) is 14.3 Å². The maximum Gasteiger partial charge on any atom is 0.312 e. The van der Waals surface area contributed by atoms with Crippen LogP contribution in [0.3, 0.4) is 0 Å². The molecule has 4 saturated carbocycles. The molecule has 5 aliphatic carbocycles. The largest absolute Gasteiger partial charge is 0.469 e. The number of carbonyl (C=O) groups excluding carboxylic acids is 2. The molecule has 6 heteroatoms. The number of allylic oxidation sites excluding steroid dienone is 2. The molecule has 0 aromatic carbocycles. The molecule has 0 heterocycles. The zero-order valence-electron chi connectivity index (χ0n) is 24.6. The van der Waals surface area contributed by atoms with Crippen LogP contribution in [-0.4, -0.2) is 29.8 Å². The van der Waals surface area contributed by atoms with Gasteiger partial charge in [-0.3, -0.25) is 4.79 Å². The Bertz CT molecular complexity index is 1180. The number of hydrogen-bond acceptors (Lipinski definition) is 5. The van der Waals surface area contributed by atoms with Crippen LogP contribution in [0.5, 0.6) is 0 Å². The molecule has 0 aromatic heterocycles. The van der Waals surface area contributed by atoms with Crippen LogP contribution in [0.15, 0.2) is 16.9 Å². The average molecular weight is 523 g/mol. The molecule has 0 aromatic rings. The molecule has 208 valence electrons. The van der Waals surface area contributed by atoms with Gasteiger partial charge in [0.15, 0.2) is 5.78 Å². The summed E-state index contributed by atoms with van der Waals surface area (Å²) in [6.07, 6.45) is 8.91. The van der Waals surface area contributed by atoms with Crippen molar-refractivity contribution in [2.75, 3.05) is 7.11 Å². The molecule has 38 heavy (non-hydrogen) atoms. The van der Waals surface area contributed by atoms with Crippen molar-refractivity contribution in [1.82, 2.24) is 0 Å². The number of ether oxygens (including phenoxy) is 1. The SMILES string of the molecule is [C-]#[N+]C1=C[C@]2(C)[C@H]3CC(=NO)C4C5CC(C)(C)CC[C@]5(C(=O)OC)CC[C@@]4(C)[C@]3(C)CC[C@H]2C(C)(C)C1=O. The fourth-order valence-corrected chi connectivity index (χ4v) is 11.0. The molecule has 8 atom stereocenters. The molecule has 5 aliphatic rings. The van der Waals surface area contributed by atoms with Crippen molar-refractivity contribution in [3.8, 4) is 0 Å². The molecular weight excluding hydrogens is 476 g/mol. The summed E-state index contributed by atoms with van der Waals surface area (Å²) < 4.78 is 5.47. The first-order chi connectivity index (χ1) is 17.6. The van der Waals surface area contributed by atoms with E-state index < -0.39 is 10.8 Å². The monoisotopic (exact) mass is 522 g/mol. The molecule has 4 fully saturated rings. The number of oxime groups is 1. The van der Waals surface area contributed by atoms with Crippen LogP contribution in [0.1, 0.15) is 99.8 Å². The number of carbonyl (C=O) groups is 2. The highest BCUT2D eigenvalue weighted by Gasteiger charge is 2.72. The highest BCUT2D eigenvalue weighted by molar-refractivity contribution is 6.02. The number of methoxy groups -OCH3 is 1. The lowest BCUT2D eigenvalue weighted by Crippen LogP contribution is -2.69. The molecule has 2 unspecified atom stereocenters. The molecule has 0 aliphatic heterocycles. The summed E-state index contributed by atoms with van der Waals surface area (Å²) in [5, 5.41) is 14.6. The van der Waals surface area contributed by atoms with E-state index in [1.54, 1.807) is 0 Å². The number of rotatable bonds is 1. The lowest BCUT2D eigenvalue weighted by atomic mass is 9.31. The number of ketones is 1. The first kappa shape index (κ1) is 27.4. The van der Waals surface area contributed by atoms with E-state index in [1.165, 1.54) is 7.11 Å². The Morgan fingerprint density at radius 3 is 2.29 bits per heavy atom. The van der Waals surface area contributed by atoms with Gasteiger partial charge in [0.25, 0.3) is 0 Å². The minimum absolute atomic E-state index is 0.0103. The Kier molecular flexibility index (Phi) is 5.90. The molecule has 0 bridgehead atoms.